The highest BCUT2D eigenvalue weighted by Gasteiger charge is 2.49. The highest BCUT2D eigenvalue weighted by molar-refractivity contribution is 6.31. The fourth-order valence-corrected chi connectivity index (χ4v) is 2.86. The first-order valence-electron chi connectivity index (χ1n) is 7.49. The van der Waals surface area contributed by atoms with Crippen molar-refractivity contribution in [2.45, 2.75) is 38.5 Å². The Hall–Kier alpha value is -2.22. The Morgan fingerprint density at radius 2 is 2.00 bits per heavy atom. The molecule has 9 heteroatoms. The van der Waals surface area contributed by atoms with Crippen LogP contribution in [0.25, 0.3) is 6.08 Å². The Balaban J connectivity index is 2.48. The molecule has 1 atom stereocenters. The maximum atomic E-state index is 13.4. The monoisotopic (exact) mass is 391 g/mol. The number of nitrogens with zero attached hydrogens (tertiary/aromatic N) is 1. The summed E-state index contributed by atoms with van der Waals surface area (Å²) in [5.41, 5.74) is -0.236. The van der Waals surface area contributed by atoms with E-state index >= 15 is 0 Å². The summed E-state index contributed by atoms with van der Waals surface area (Å²) < 4.78 is 49.9. The summed E-state index contributed by atoms with van der Waals surface area (Å²) in [6.45, 7) is 7.94. The highest BCUT2D eigenvalue weighted by atomic mass is 35.5. The van der Waals surface area contributed by atoms with Crippen LogP contribution in [0.4, 0.5) is 13.2 Å². The lowest BCUT2D eigenvalue weighted by molar-refractivity contribution is -0.189. The smallest absolute Gasteiger partial charge is 0.430 e. The summed E-state index contributed by atoms with van der Waals surface area (Å²) in [5, 5.41) is 3.34. The van der Waals surface area contributed by atoms with Crippen molar-refractivity contribution in [2.24, 2.45) is 5.16 Å². The number of carbonyl (C=O) groups excluding carboxylic acids is 1. The van der Waals surface area contributed by atoms with Crippen molar-refractivity contribution in [3.63, 3.8) is 0 Å². The molecular formula is C17H17ClF3NO4. The average Bonchev–Trinajstić information content (AvgIpc) is 2.51. The van der Waals surface area contributed by atoms with Gasteiger partial charge in [-0.15, -0.1) is 0 Å². The zero-order valence-corrected chi connectivity index (χ0v) is 15.1. The molecule has 0 saturated heterocycles. The second-order valence-electron chi connectivity index (χ2n) is 6.57. The van der Waals surface area contributed by atoms with Crippen molar-refractivity contribution >= 4 is 30.4 Å². The van der Waals surface area contributed by atoms with Gasteiger partial charge in [-0.25, -0.2) is 4.79 Å². The van der Waals surface area contributed by atoms with Crippen LogP contribution in [0, 0.1) is 0 Å². The van der Waals surface area contributed by atoms with Crippen LogP contribution in [-0.4, -0.2) is 31.8 Å². The van der Waals surface area contributed by atoms with Gasteiger partial charge in [0.2, 0.25) is 6.10 Å². The van der Waals surface area contributed by atoms with Crippen LogP contribution in [0.3, 0.4) is 0 Å². The molecule has 0 fully saturated rings. The minimum atomic E-state index is -4.82. The zero-order valence-electron chi connectivity index (χ0n) is 14.3. The molecule has 26 heavy (non-hydrogen) atoms. The van der Waals surface area contributed by atoms with Crippen LogP contribution in [0.2, 0.25) is 5.02 Å². The standard InChI is InChI=1S/C17H17ClF3NO4/c1-16(2,3)11-7-13-9(6-12(11)18)5-10(14(26-13)17(19,20)21)15(23)24-8-25-22-4/h5-7,14H,4,8H2,1-3H3/t14-/m0/s1. The maximum Gasteiger partial charge on any atom is 0.430 e. The molecule has 0 aliphatic carbocycles. The van der Waals surface area contributed by atoms with Gasteiger partial charge in [0.15, 0.2) is 0 Å². The Bertz CT molecular complexity index is 754. The van der Waals surface area contributed by atoms with Crippen molar-refractivity contribution in [3.05, 3.63) is 33.9 Å². The average molecular weight is 392 g/mol. The lowest BCUT2D eigenvalue weighted by Gasteiger charge is -2.30. The van der Waals surface area contributed by atoms with E-state index in [0.29, 0.717) is 10.6 Å². The van der Waals surface area contributed by atoms with Crippen molar-refractivity contribution in [2.75, 3.05) is 6.79 Å². The number of fused-ring (bicyclic) bond motifs is 1. The van der Waals surface area contributed by atoms with Crippen molar-refractivity contribution in [3.8, 4) is 5.75 Å². The van der Waals surface area contributed by atoms with E-state index in [9.17, 15) is 18.0 Å². The molecule has 0 amide bonds. The topological polar surface area (TPSA) is 57.1 Å². The minimum Gasteiger partial charge on any atom is -0.475 e. The Kier molecular flexibility index (Phi) is 5.55. The van der Waals surface area contributed by atoms with Gasteiger partial charge in [0, 0.05) is 17.3 Å². The largest absolute Gasteiger partial charge is 0.475 e. The summed E-state index contributed by atoms with van der Waals surface area (Å²) in [6.07, 6.45) is -6.23. The predicted molar refractivity (Wildman–Crippen MR) is 90.2 cm³/mol. The van der Waals surface area contributed by atoms with Crippen molar-refractivity contribution < 1.29 is 32.3 Å². The summed E-state index contributed by atoms with van der Waals surface area (Å²) in [4.78, 5) is 16.4. The van der Waals surface area contributed by atoms with Crippen molar-refractivity contribution in [1.82, 2.24) is 0 Å². The molecule has 0 aromatic heterocycles. The van der Waals surface area contributed by atoms with E-state index < -0.39 is 36.0 Å². The molecule has 1 aliphatic heterocycles. The number of oxime groups is 1. The zero-order chi connectivity index (χ0) is 19.7. The lowest BCUT2D eigenvalue weighted by atomic mass is 9.85. The molecule has 142 valence electrons. The number of ether oxygens (including phenoxy) is 2. The maximum absolute atomic E-state index is 13.4. The van der Waals surface area contributed by atoms with Gasteiger partial charge in [0.1, 0.15) is 5.75 Å². The van der Waals surface area contributed by atoms with Crippen LogP contribution in [0.1, 0.15) is 31.9 Å². The first kappa shape index (κ1) is 20.1. The number of esters is 1. The van der Waals surface area contributed by atoms with Gasteiger partial charge in [-0.3, -0.25) is 0 Å². The summed E-state index contributed by atoms with van der Waals surface area (Å²) in [5.74, 6) is -1.25. The third kappa shape index (κ3) is 4.30. The van der Waals surface area contributed by atoms with E-state index in [2.05, 4.69) is 21.4 Å². The number of rotatable bonds is 4. The van der Waals surface area contributed by atoms with Gasteiger partial charge in [-0.2, -0.15) is 13.2 Å². The van der Waals surface area contributed by atoms with Crippen LogP contribution in [0.5, 0.6) is 5.75 Å². The third-order valence-electron chi connectivity index (χ3n) is 3.61. The normalized spacial score (nSPS) is 16.9. The minimum absolute atomic E-state index is 0.0118. The fourth-order valence-electron chi connectivity index (χ4n) is 2.40. The Morgan fingerprint density at radius 3 is 2.54 bits per heavy atom. The summed E-state index contributed by atoms with van der Waals surface area (Å²) in [7, 11) is 0. The Labute approximate surface area is 153 Å². The number of hydrogen-bond acceptors (Lipinski definition) is 5. The molecule has 0 N–H and O–H groups in total. The number of halogens is 4. The molecular weight excluding hydrogens is 375 g/mol. The molecule has 1 heterocycles. The second kappa shape index (κ2) is 7.19. The molecule has 0 bridgehead atoms. The molecule has 0 radical (unpaired) electrons. The van der Waals surface area contributed by atoms with E-state index in [1.54, 1.807) is 0 Å². The number of hydrogen-bond donors (Lipinski definition) is 0. The second-order valence-corrected chi connectivity index (χ2v) is 6.97. The van der Waals surface area contributed by atoms with Crippen LogP contribution < -0.4 is 4.74 Å². The predicted octanol–water partition coefficient (Wildman–Crippen LogP) is 4.48. The summed E-state index contributed by atoms with van der Waals surface area (Å²) >= 11 is 6.24. The first-order valence-corrected chi connectivity index (χ1v) is 7.87. The van der Waals surface area contributed by atoms with E-state index in [1.807, 2.05) is 20.8 Å². The van der Waals surface area contributed by atoms with Crippen LogP contribution in [-0.2, 0) is 19.8 Å². The van der Waals surface area contributed by atoms with E-state index in [0.717, 1.165) is 6.08 Å². The van der Waals surface area contributed by atoms with Gasteiger partial charge >= 0.3 is 12.1 Å². The van der Waals surface area contributed by atoms with Gasteiger partial charge < -0.3 is 14.3 Å². The number of carbonyl (C=O) groups is 1. The molecule has 0 spiro atoms. The number of alkyl halides is 3. The molecule has 1 aliphatic rings. The van der Waals surface area contributed by atoms with E-state index in [1.165, 1.54) is 12.1 Å². The molecule has 0 saturated carbocycles. The van der Waals surface area contributed by atoms with Crippen molar-refractivity contribution in [1.29, 1.82) is 0 Å². The highest BCUT2D eigenvalue weighted by Crippen LogP contribution is 2.42. The molecule has 0 unspecified atom stereocenters. The van der Waals surface area contributed by atoms with Gasteiger partial charge in [0.05, 0.1) is 5.57 Å². The van der Waals surface area contributed by atoms with Crippen LogP contribution in [0.15, 0.2) is 22.9 Å². The molecule has 1 aromatic carbocycles. The van der Waals surface area contributed by atoms with Crippen LogP contribution >= 0.6 is 11.6 Å². The first-order chi connectivity index (χ1) is 11.9. The Morgan fingerprint density at radius 1 is 1.35 bits per heavy atom. The number of benzene rings is 1. The van der Waals surface area contributed by atoms with Gasteiger partial charge in [0.25, 0.3) is 6.79 Å². The molecule has 2 rings (SSSR count). The van der Waals surface area contributed by atoms with E-state index in [-0.39, 0.29) is 11.3 Å². The quantitative estimate of drug-likeness (QED) is 0.250. The molecule has 5 nitrogen and oxygen atoms in total. The lowest BCUT2D eigenvalue weighted by Crippen LogP contribution is -2.41. The SMILES string of the molecule is C=NOCOC(=O)C1=Cc2cc(Cl)c(C(C)(C)C)cc2O[C@@H]1C(F)(F)F. The molecule has 1 aromatic rings. The fraction of sp³-hybridized carbons (Fsp3) is 0.412. The van der Waals surface area contributed by atoms with Gasteiger partial charge in [-0.05, 0) is 29.2 Å². The summed E-state index contributed by atoms with van der Waals surface area (Å²) in [6, 6.07) is 2.92. The third-order valence-corrected chi connectivity index (χ3v) is 3.93. The van der Waals surface area contributed by atoms with E-state index in [4.69, 9.17) is 16.3 Å². The van der Waals surface area contributed by atoms with Gasteiger partial charge in [-0.1, -0.05) is 37.5 Å².